The summed E-state index contributed by atoms with van der Waals surface area (Å²) in [6, 6.07) is 6.77. The van der Waals surface area contributed by atoms with Gasteiger partial charge in [0, 0.05) is 0 Å². The van der Waals surface area contributed by atoms with Crippen LogP contribution in [-0.2, 0) is 0 Å². The molecule has 4 heteroatoms. The van der Waals surface area contributed by atoms with E-state index in [4.69, 9.17) is 11.0 Å². The number of nitrogens with zero attached hydrogens (tertiary/aromatic N) is 1. The molecule has 2 N–H and O–H groups in total. The number of nitrogens with two attached hydrogens (primary N) is 1. The second-order valence-corrected chi connectivity index (χ2v) is 2.16. The molecule has 1 unspecified atom stereocenters. The zero-order valence-electron chi connectivity index (χ0n) is 6.20. The molecule has 0 bridgehead atoms. The largest absolute Gasteiger partial charge is 0.312 e. The Morgan fingerprint density at radius 1 is 1.33 bits per heavy atom. The van der Waals surface area contributed by atoms with Crippen LogP contribution < -0.4 is 5.73 Å². The fraction of sp³-hybridized carbons (Fsp3) is 0.125. The van der Waals surface area contributed by atoms with Gasteiger partial charge in [0.05, 0.1) is 6.07 Å². The van der Waals surface area contributed by atoms with E-state index in [1.54, 1.807) is 0 Å². The van der Waals surface area contributed by atoms with E-state index in [-0.39, 0.29) is 18.2 Å². The predicted molar refractivity (Wildman–Crippen MR) is 46.2 cm³/mol. The molecule has 1 aromatic rings. The molecule has 1 aromatic carbocycles. The molecular formula is C8H8ClFN2. The van der Waals surface area contributed by atoms with Crippen molar-refractivity contribution in [3.05, 3.63) is 35.6 Å². The lowest BCUT2D eigenvalue weighted by Gasteiger charge is -2.00. The van der Waals surface area contributed by atoms with Gasteiger partial charge < -0.3 is 5.73 Å². The van der Waals surface area contributed by atoms with Crippen LogP contribution >= 0.6 is 12.4 Å². The average Bonchev–Trinajstić information content (AvgIpc) is 2.05. The third-order valence-electron chi connectivity index (χ3n) is 1.37. The highest BCUT2D eigenvalue weighted by Crippen LogP contribution is 2.09. The standard InChI is InChI=1S/C8H7FN2.ClH/c9-7-3-1-6(2-4-7)8(11)5-10;/h1-4,8H,11H2;1H. The fourth-order valence-corrected chi connectivity index (χ4v) is 0.745. The average molecular weight is 187 g/mol. The normalized spacial score (nSPS) is 11.1. The van der Waals surface area contributed by atoms with Gasteiger partial charge in [0.25, 0.3) is 0 Å². The molecule has 12 heavy (non-hydrogen) atoms. The molecule has 0 aliphatic rings. The Morgan fingerprint density at radius 2 is 1.83 bits per heavy atom. The first-order valence-electron chi connectivity index (χ1n) is 3.14. The van der Waals surface area contributed by atoms with E-state index < -0.39 is 6.04 Å². The van der Waals surface area contributed by atoms with Crippen LogP contribution in [0.3, 0.4) is 0 Å². The summed E-state index contributed by atoms with van der Waals surface area (Å²) < 4.78 is 12.3. The van der Waals surface area contributed by atoms with E-state index in [1.165, 1.54) is 24.3 Å². The quantitative estimate of drug-likeness (QED) is 0.727. The van der Waals surface area contributed by atoms with Gasteiger partial charge in [-0.3, -0.25) is 0 Å². The van der Waals surface area contributed by atoms with Gasteiger partial charge in [-0.15, -0.1) is 12.4 Å². The molecule has 64 valence electrons. The maximum atomic E-state index is 12.3. The molecule has 0 heterocycles. The number of halogens is 2. The van der Waals surface area contributed by atoms with E-state index in [1.807, 2.05) is 6.07 Å². The first kappa shape index (κ1) is 10.9. The Hall–Kier alpha value is -1.11. The van der Waals surface area contributed by atoms with E-state index in [9.17, 15) is 4.39 Å². The minimum absolute atomic E-state index is 0. The van der Waals surface area contributed by atoms with E-state index in [0.29, 0.717) is 5.56 Å². The SMILES string of the molecule is Cl.N#CC(N)c1ccc(F)cc1. The van der Waals surface area contributed by atoms with E-state index >= 15 is 0 Å². The maximum Gasteiger partial charge on any atom is 0.123 e. The van der Waals surface area contributed by atoms with Crippen LogP contribution in [0.2, 0.25) is 0 Å². The van der Waals surface area contributed by atoms with Gasteiger partial charge in [-0.25, -0.2) is 4.39 Å². The van der Waals surface area contributed by atoms with Crippen molar-refractivity contribution in [2.24, 2.45) is 5.73 Å². The van der Waals surface area contributed by atoms with Crippen LogP contribution in [0, 0.1) is 17.1 Å². The summed E-state index contributed by atoms with van der Waals surface area (Å²) in [5, 5.41) is 8.39. The van der Waals surface area contributed by atoms with Crippen molar-refractivity contribution in [2.45, 2.75) is 6.04 Å². The Labute approximate surface area is 76.2 Å². The van der Waals surface area contributed by atoms with Crippen molar-refractivity contribution < 1.29 is 4.39 Å². The van der Waals surface area contributed by atoms with Gasteiger partial charge in [-0.1, -0.05) is 12.1 Å². The minimum Gasteiger partial charge on any atom is -0.312 e. The lowest BCUT2D eigenvalue weighted by Crippen LogP contribution is -2.06. The summed E-state index contributed by atoms with van der Waals surface area (Å²) in [6.07, 6.45) is 0. The van der Waals surface area contributed by atoms with Crippen LogP contribution in [0.4, 0.5) is 4.39 Å². The fourth-order valence-electron chi connectivity index (χ4n) is 0.745. The molecule has 0 aliphatic heterocycles. The maximum absolute atomic E-state index is 12.3. The molecule has 0 fully saturated rings. The molecule has 1 rings (SSSR count). The van der Waals surface area contributed by atoms with Gasteiger partial charge in [-0.2, -0.15) is 5.26 Å². The van der Waals surface area contributed by atoms with Crippen LogP contribution in [0.25, 0.3) is 0 Å². The van der Waals surface area contributed by atoms with Crippen molar-refractivity contribution in [1.82, 2.24) is 0 Å². The van der Waals surface area contributed by atoms with Crippen LogP contribution in [0.5, 0.6) is 0 Å². The molecule has 0 spiro atoms. The number of rotatable bonds is 1. The van der Waals surface area contributed by atoms with Gasteiger partial charge in [0.2, 0.25) is 0 Å². The Bertz CT molecular complexity index is 278. The summed E-state index contributed by atoms with van der Waals surface area (Å²) >= 11 is 0. The summed E-state index contributed by atoms with van der Waals surface area (Å²) in [6.45, 7) is 0. The second-order valence-electron chi connectivity index (χ2n) is 2.16. The van der Waals surface area contributed by atoms with E-state index in [2.05, 4.69) is 0 Å². The number of benzene rings is 1. The lowest BCUT2D eigenvalue weighted by molar-refractivity contribution is 0.626. The van der Waals surface area contributed by atoms with Crippen LogP contribution in [-0.4, -0.2) is 0 Å². The lowest BCUT2D eigenvalue weighted by atomic mass is 10.1. The predicted octanol–water partition coefficient (Wildman–Crippen LogP) is 1.77. The monoisotopic (exact) mass is 186 g/mol. The van der Waals surface area contributed by atoms with Crippen LogP contribution in [0.1, 0.15) is 11.6 Å². The van der Waals surface area contributed by atoms with Crippen molar-refractivity contribution >= 4 is 12.4 Å². The van der Waals surface area contributed by atoms with Gasteiger partial charge in [0.1, 0.15) is 11.9 Å². The molecule has 0 aromatic heterocycles. The number of hydrogen-bond acceptors (Lipinski definition) is 2. The molecule has 0 radical (unpaired) electrons. The molecule has 0 aliphatic carbocycles. The topological polar surface area (TPSA) is 49.8 Å². The highest BCUT2D eigenvalue weighted by atomic mass is 35.5. The molecular weight excluding hydrogens is 179 g/mol. The Morgan fingerprint density at radius 3 is 2.25 bits per heavy atom. The highest BCUT2D eigenvalue weighted by Gasteiger charge is 2.02. The van der Waals surface area contributed by atoms with Gasteiger partial charge in [-0.05, 0) is 17.7 Å². The third-order valence-corrected chi connectivity index (χ3v) is 1.37. The highest BCUT2D eigenvalue weighted by molar-refractivity contribution is 5.85. The van der Waals surface area contributed by atoms with E-state index in [0.717, 1.165) is 0 Å². The second kappa shape index (κ2) is 4.70. The molecule has 0 saturated carbocycles. The summed E-state index contributed by atoms with van der Waals surface area (Å²) in [5.41, 5.74) is 5.99. The van der Waals surface area contributed by atoms with Gasteiger partial charge in [0.15, 0.2) is 0 Å². The molecule has 0 amide bonds. The van der Waals surface area contributed by atoms with Crippen LogP contribution in [0.15, 0.2) is 24.3 Å². The van der Waals surface area contributed by atoms with Gasteiger partial charge >= 0.3 is 0 Å². The Kier molecular flexibility index (Phi) is 4.27. The zero-order chi connectivity index (χ0) is 8.27. The Balaban J connectivity index is 0.00000121. The smallest absolute Gasteiger partial charge is 0.123 e. The zero-order valence-corrected chi connectivity index (χ0v) is 7.01. The third kappa shape index (κ3) is 2.50. The van der Waals surface area contributed by atoms with Crippen molar-refractivity contribution in [2.75, 3.05) is 0 Å². The molecule has 0 saturated heterocycles. The summed E-state index contributed by atoms with van der Waals surface area (Å²) in [7, 11) is 0. The molecule has 2 nitrogen and oxygen atoms in total. The summed E-state index contributed by atoms with van der Waals surface area (Å²) in [5.74, 6) is -0.320. The number of hydrogen-bond donors (Lipinski definition) is 1. The molecule has 1 atom stereocenters. The van der Waals surface area contributed by atoms with Crippen molar-refractivity contribution in [3.8, 4) is 6.07 Å². The summed E-state index contributed by atoms with van der Waals surface area (Å²) in [4.78, 5) is 0. The van der Waals surface area contributed by atoms with Crippen molar-refractivity contribution in [1.29, 1.82) is 5.26 Å². The first-order chi connectivity index (χ1) is 5.24. The minimum atomic E-state index is -0.657. The van der Waals surface area contributed by atoms with Crippen molar-refractivity contribution in [3.63, 3.8) is 0 Å². The number of nitriles is 1. The first-order valence-corrected chi connectivity index (χ1v) is 3.14.